The number of rotatable bonds is 5. The van der Waals surface area contributed by atoms with Crippen LogP contribution in [0.5, 0.6) is 0 Å². The van der Waals surface area contributed by atoms with Crippen molar-refractivity contribution in [2.75, 3.05) is 6.54 Å². The smallest absolute Gasteiger partial charge is 0.0669 e. The Morgan fingerprint density at radius 1 is 1.24 bits per heavy atom. The van der Waals surface area contributed by atoms with E-state index in [2.05, 4.69) is 51.2 Å². The Morgan fingerprint density at radius 2 is 1.88 bits per heavy atom. The van der Waals surface area contributed by atoms with Crippen molar-refractivity contribution in [2.24, 2.45) is 5.41 Å². The van der Waals surface area contributed by atoms with Gasteiger partial charge in [-0.3, -0.25) is 0 Å². The topological polar surface area (TPSA) is 32.3 Å². The molecular formula is C15H25NO. The van der Waals surface area contributed by atoms with E-state index in [1.54, 1.807) is 0 Å². The van der Waals surface area contributed by atoms with Gasteiger partial charge in [0.25, 0.3) is 0 Å². The highest BCUT2D eigenvalue weighted by atomic mass is 16.3. The van der Waals surface area contributed by atoms with Crippen molar-refractivity contribution >= 4 is 0 Å². The molecule has 0 aliphatic carbocycles. The minimum atomic E-state index is -0.265. The molecule has 1 aromatic carbocycles. The van der Waals surface area contributed by atoms with Gasteiger partial charge in [-0.25, -0.2) is 0 Å². The summed E-state index contributed by atoms with van der Waals surface area (Å²) in [6.07, 6.45) is 0.562. The van der Waals surface area contributed by atoms with Crippen LogP contribution in [-0.4, -0.2) is 17.8 Å². The van der Waals surface area contributed by atoms with E-state index in [4.69, 9.17) is 0 Å². The van der Waals surface area contributed by atoms with Crippen LogP contribution in [0.15, 0.2) is 24.3 Å². The maximum Gasteiger partial charge on any atom is 0.0669 e. The van der Waals surface area contributed by atoms with E-state index in [-0.39, 0.29) is 11.5 Å². The van der Waals surface area contributed by atoms with Crippen LogP contribution in [0.4, 0.5) is 0 Å². The van der Waals surface area contributed by atoms with Crippen LogP contribution < -0.4 is 5.32 Å². The molecule has 1 rings (SSSR count). The molecule has 0 radical (unpaired) electrons. The maximum absolute atomic E-state index is 9.87. The van der Waals surface area contributed by atoms with Gasteiger partial charge in [-0.1, -0.05) is 45.0 Å². The quantitative estimate of drug-likeness (QED) is 0.822. The summed E-state index contributed by atoms with van der Waals surface area (Å²) in [4.78, 5) is 0. The van der Waals surface area contributed by atoms with Crippen molar-refractivity contribution < 1.29 is 5.11 Å². The molecule has 2 N–H and O–H groups in total. The third kappa shape index (κ3) is 5.85. The Morgan fingerprint density at radius 3 is 2.47 bits per heavy atom. The number of benzene rings is 1. The van der Waals surface area contributed by atoms with Gasteiger partial charge in [0.15, 0.2) is 0 Å². The molecule has 0 aliphatic heterocycles. The summed E-state index contributed by atoms with van der Waals surface area (Å²) >= 11 is 0. The molecule has 1 atom stereocenters. The average Bonchev–Trinajstić information content (AvgIpc) is 2.18. The summed E-state index contributed by atoms with van der Waals surface area (Å²) < 4.78 is 0. The van der Waals surface area contributed by atoms with Crippen molar-refractivity contribution in [1.82, 2.24) is 5.32 Å². The lowest BCUT2D eigenvalue weighted by atomic mass is 9.89. The highest BCUT2D eigenvalue weighted by molar-refractivity contribution is 5.25. The maximum atomic E-state index is 9.87. The summed E-state index contributed by atoms with van der Waals surface area (Å²) in [7, 11) is 0. The van der Waals surface area contributed by atoms with Crippen molar-refractivity contribution in [1.29, 1.82) is 0 Å². The van der Waals surface area contributed by atoms with Crippen molar-refractivity contribution in [3.63, 3.8) is 0 Å². The first kappa shape index (κ1) is 14.2. The molecule has 0 aliphatic rings. The van der Waals surface area contributed by atoms with Gasteiger partial charge >= 0.3 is 0 Å². The average molecular weight is 235 g/mol. The molecule has 0 bridgehead atoms. The Hall–Kier alpha value is -0.860. The van der Waals surface area contributed by atoms with Crippen LogP contribution in [0, 0.1) is 12.3 Å². The van der Waals surface area contributed by atoms with E-state index < -0.39 is 0 Å². The van der Waals surface area contributed by atoms with E-state index in [1.807, 2.05) is 6.07 Å². The summed E-state index contributed by atoms with van der Waals surface area (Å²) in [5, 5.41) is 13.2. The Balaban J connectivity index is 2.31. The predicted octanol–water partition coefficient (Wildman–Crippen LogP) is 2.88. The van der Waals surface area contributed by atoms with Crippen LogP contribution in [0.2, 0.25) is 0 Å². The fourth-order valence-corrected chi connectivity index (χ4v) is 1.96. The molecule has 0 fully saturated rings. The standard InChI is InChI=1S/C15H25NO/c1-12-7-5-6-8-13(12)10-16-11-14(17)9-15(2,3)4/h5-8,14,16-17H,9-11H2,1-4H3. The minimum Gasteiger partial charge on any atom is -0.392 e. The molecule has 1 unspecified atom stereocenters. The molecule has 0 amide bonds. The SMILES string of the molecule is Cc1ccccc1CNCC(O)CC(C)(C)C. The molecule has 0 saturated heterocycles. The molecule has 96 valence electrons. The zero-order valence-electron chi connectivity index (χ0n) is 11.5. The largest absolute Gasteiger partial charge is 0.392 e. The fraction of sp³-hybridized carbons (Fsp3) is 0.600. The molecule has 2 nitrogen and oxygen atoms in total. The van der Waals surface area contributed by atoms with Crippen LogP contribution in [0.25, 0.3) is 0 Å². The van der Waals surface area contributed by atoms with E-state index in [0.29, 0.717) is 6.54 Å². The number of nitrogens with one attached hydrogen (secondary N) is 1. The summed E-state index contributed by atoms with van der Waals surface area (Å²) in [6.45, 7) is 10.1. The predicted molar refractivity (Wildman–Crippen MR) is 73.0 cm³/mol. The molecule has 0 spiro atoms. The summed E-state index contributed by atoms with van der Waals surface area (Å²) in [6, 6.07) is 8.34. The highest BCUT2D eigenvalue weighted by Gasteiger charge is 2.16. The lowest BCUT2D eigenvalue weighted by Crippen LogP contribution is -2.30. The second-order valence-corrected chi connectivity index (χ2v) is 5.98. The molecule has 1 aromatic rings. The van der Waals surface area contributed by atoms with E-state index >= 15 is 0 Å². The van der Waals surface area contributed by atoms with Crippen molar-refractivity contribution in [3.8, 4) is 0 Å². The molecule has 2 heteroatoms. The number of hydrogen-bond acceptors (Lipinski definition) is 2. The zero-order chi connectivity index (χ0) is 12.9. The lowest BCUT2D eigenvalue weighted by molar-refractivity contribution is 0.119. The molecule has 0 saturated carbocycles. The third-order valence-electron chi connectivity index (χ3n) is 2.80. The first-order valence-corrected chi connectivity index (χ1v) is 6.32. The van der Waals surface area contributed by atoms with Crippen LogP contribution in [0.1, 0.15) is 38.3 Å². The van der Waals surface area contributed by atoms with Gasteiger partial charge in [-0.2, -0.15) is 0 Å². The second kappa shape index (κ2) is 6.18. The van der Waals surface area contributed by atoms with Crippen molar-refractivity contribution in [2.45, 2.75) is 46.8 Å². The molecule has 0 heterocycles. The Kier molecular flexibility index (Phi) is 5.16. The normalized spacial score (nSPS) is 13.7. The van der Waals surface area contributed by atoms with Gasteiger partial charge in [0.05, 0.1) is 6.10 Å². The second-order valence-electron chi connectivity index (χ2n) is 5.98. The molecule has 0 aromatic heterocycles. The number of aliphatic hydroxyl groups excluding tert-OH is 1. The number of aryl methyl sites for hydroxylation is 1. The third-order valence-corrected chi connectivity index (χ3v) is 2.80. The first-order valence-electron chi connectivity index (χ1n) is 6.32. The highest BCUT2D eigenvalue weighted by Crippen LogP contribution is 2.20. The fourth-order valence-electron chi connectivity index (χ4n) is 1.96. The number of aliphatic hydroxyl groups is 1. The zero-order valence-corrected chi connectivity index (χ0v) is 11.5. The van der Waals surface area contributed by atoms with E-state index in [9.17, 15) is 5.11 Å². The van der Waals surface area contributed by atoms with Gasteiger partial charge in [0.2, 0.25) is 0 Å². The van der Waals surface area contributed by atoms with Crippen LogP contribution in [-0.2, 0) is 6.54 Å². The van der Waals surface area contributed by atoms with E-state index in [0.717, 1.165) is 13.0 Å². The van der Waals surface area contributed by atoms with Crippen LogP contribution >= 0.6 is 0 Å². The molecular weight excluding hydrogens is 210 g/mol. The van der Waals surface area contributed by atoms with E-state index in [1.165, 1.54) is 11.1 Å². The van der Waals surface area contributed by atoms with Gasteiger partial charge in [0, 0.05) is 13.1 Å². The Labute approximate surface area is 105 Å². The lowest BCUT2D eigenvalue weighted by Gasteiger charge is -2.22. The van der Waals surface area contributed by atoms with Crippen LogP contribution in [0.3, 0.4) is 0 Å². The Bertz CT molecular complexity index is 341. The minimum absolute atomic E-state index is 0.184. The number of hydrogen-bond donors (Lipinski definition) is 2. The van der Waals surface area contributed by atoms with Gasteiger partial charge < -0.3 is 10.4 Å². The molecule has 17 heavy (non-hydrogen) atoms. The van der Waals surface area contributed by atoms with Gasteiger partial charge in [-0.05, 0) is 29.9 Å². The monoisotopic (exact) mass is 235 g/mol. The van der Waals surface area contributed by atoms with Gasteiger partial charge in [0.1, 0.15) is 0 Å². The summed E-state index contributed by atoms with van der Waals surface area (Å²) in [5.74, 6) is 0. The summed E-state index contributed by atoms with van der Waals surface area (Å²) in [5.41, 5.74) is 2.78. The van der Waals surface area contributed by atoms with Gasteiger partial charge in [-0.15, -0.1) is 0 Å². The van der Waals surface area contributed by atoms with Crippen molar-refractivity contribution in [3.05, 3.63) is 35.4 Å². The first-order chi connectivity index (χ1) is 7.88.